The van der Waals surface area contributed by atoms with Crippen molar-refractivity contribution in [2.24, 2.45) is 11.5 Å². The molecular weight excluding hydrogens is 363 g/mol. The van der Waals surface area contributed by atoms with Crippen molar-refractivity contribution in [3.8, 4) is 0 Å². The zero-order valence-electron chi connectivity index (χ0n) is 14.3. The lowest BCUT2D eigenvalue weighted by molar-refractivity contribution is -0.147. The molecule has 0 saturated carbocycles. The van der Waals surface area contributed by atoms with E-state index in [4.69, 9.17) is 20.9 Å². The van der Waals surface area contributed by atoms with Crippen molar-refractivity contribution in [3.05, 3.63) is 47.5 Å². The van der Waals surface area contributed by atoms with Crippen LogP contribution in [0.4, 0.5) is 0 Å². The van der Waals surface area contributed by atoms with Crippen LogP contribution < -0.4 is 11.5 Å². The number of ether oxygens (including phenoxy) is 2. The highest BCUT2D eigenvalue weighted by Crippen LogP contribution is 2.37. The summed E-state index contributed by atoms with van der Waals surface area (Å²) in [7, 11) is -4.45. The minimum absolute atomic E-state index is 0.0470. The molecule has 0 aliphatic rings. The summed E-state index contributed by atoms with van der Waals surface area (Å²) in [6, 6.07) is 8.23. The van der Waals surface area contributed by atoms with Crippen LogP contribution in [0.25, 0.3) is 0 Å². The first-order valence-corrected chi connectivity index (χ1v) is 9.57. The molecule has 0 fully saturated rings. The first-order chi connectivity index (χ1) is 12.0. The van der Waals surface area contributed by atoms with Gasteiger partial charge in [0.2, 0.25) is 0 Å². The van der Waals surface area contributed by atoms with Crippen LogP contribution in [0, 0.1) is 0 Å². The minimum atomic E-state index is -4.45. The maximum atomic E-state index is 11.9. The standard InChI is InChI=1S/C16H23N2O7P/c1-2-24-15(20)16(17,18)10-12(11-26(21,22)23)8-9-25-14(19)13-6-4-3-5-7-13/h3-7,10H,2,8-9,11,17-18H2,1H3,(H2,21,22,23)/b12-10-. The molecule has 0 unspecified atom stereocenters. The van der Waals surface area contributed by atoms with Gasteiger partial charge in [-0.25, -0.2) is 9.59 Å². The maximum Gasteiger partial charge on any atom is 0.345 e. The molecule has 9 nitrogen and oxygen atoms in total. The monoisotopic (exact) mass is 386 g/mol. The van der Waals surface area contributed by atoms with Crippen LogP contribution in [0.2, 0.25) is 0 Å². The first kappa shape index (κ1) is 22.0. The number of hydrogen-bond donors (Lipinski definition) is 4. The minimum Gasteiger partial charge on any atom is -0.463 e. The second kappa shape index (κ2) is 9.61. The van der Waals surface area contributed by atoms with E-state index in [0.717, 1.165) is 6.08 Å². The molecule has 0 aliphatic heterocycles. The van der Waals surface area contributed by atoms with Crippen LogP contribution in [0.1, 0.15) is 23.7 Å². The molecule has 1 rings (SSSR count). The molecule has 0 spiro atoms. The third-order valence-corrected chi connectivity index (χ3v) is 3.96. The van der Waals surface area contributed by atoms with Gasteiger partial charge in [-0.15, -0.1) is 0 Å². The molecule has 1 aromatic carbocycles. The average Bonchev–Trinajstić information content (AvgIpc) is 2.53. The maximum absolute atomic E-state index is 11.9. The van der Waals surface area contributed by atoms with Gasteiger partial charge in [-0.3, -0.25) is 4.57 Å². The summed E-state index contributed by atoms with van der Waals surface area (Å²) in [6.07, 6.45) is 0.297. The molecule has 0 bridgehead atoms. The van der Waals surface area contributed by atoms with E-state index in [-0.39, 0.29) is 25.2 Å². The summed E-state index contributed by atoms with van der Waals surface area (Å²) < 4.78 is 21.1. The zero-order valence-corrected chi connectivity index (χ0v) is 15.2. The Kier molecular flexibility index (Phi) is 8.13. The number of carbonyl (C=O) groups excluding carboxylic acids is 2. The van der Waals surface area contributed by atoms with E-state index < -0.39 is 31.4 Å². The highest BCUT2D eigenvalue weighted by atomic mass is 31.2. The van der Waals surface area contributed by atoms with E-state index in [1.807, 2.05) is 0 Å². The third kappa shape index (κ3) is 7.90. The Morgan fingerprint density at radius 3 is 2.35 bits per heavy atom. The average molecular weight is 386 g/mol. The summed E-state index contributed by atoms with van der Waals surface area (Å²) in [4.78, 5) is 42.0. The number of esters is 2. The van der Waals surface area contributed by atoms with Crippen molar-refractivity contribution in [1.29, 1.82) is 0 Å². The molecule has 144 valence electrons. The van der Waals surface area contributed by atoms with Gasteiger partial charge in [0.1, 0.15) is 0 Å². The van der Waals surface area contributed by atoms with Gasteiger partial charge in [0.15, 0.2) is 5.66 Å². The topological polar surface area (TPSA) is 162 Å². The molecule has 0 radical (unpaired) electrons. The molecule has 26 heavy (non-hydrogen) atoms. The third-order valence-electron chi connectivity index (χ3n) is 3.15. The first-order valence-electron chi connectivity index (χ1n) is 7.77. The number of benzene rings is 1. The molecule has 0 amide bonds. The van der Waals surface area contributed by atoms with Gasteiger partial charge in [0, 0.05) is 6.42 Å². The van der Waals surface area contributed by atoms with Crippen molar-refractivity contribution in [3.63, 3.8) is 0 Å². The lowest BCUT2D eigenvalue weighted by Gasteiger charge is -2.20. The van der Waals surface area contributed by atoms with Crippen molar-refractivity contribution in [2.75, 3.05) is 19.4 Å². The summed E-state index contributed by atoms with van der Waals surface area (Å²) in [5, 5.41) is 0. The van der Waals surface area contributed by atoms with Crippen LogP contribution in [-0.2, 0) is 18.8 Å². The summed E-state index contributed by atoms with van der Waals surface area (Å²) in [5.41, 5.74) is 9.68. The van der Waals surface area contributed by atoms with Crippen LogP contribution in [0.5, 0.6) is 0 Å². The number of carbonyl (C=O) groups is 2. The fourth-order valence-electron chi connectivity index (χ4n) is 2.05. The van der Waals surface area contributed by atoms with Crippen LogP contribution in [0.15, 0.2) is 42.0 Å². The van der Waals surface area contributed by atoms with Gasteiger partial charge in [-0.1, -0.05) is 23.8 Å². The van der Waals surface area contributed by atoms with E-state index in [0.29, 0.717) is 5.56 Å². The van der Waals surface area contributed by atoms with Gasteiger partial charge in [0.25, 0.3) is 0 Å². The van der Waals surface area contributed by atoms with Gasteiger partial charge >= 0.3 is 19.5 Å². The van der Waals surface area contributed by atoms with Crippen LogP contribution >= 0.6 is 7.60 Å². The molecular formula is C16H23N2O7P. The van der Waals surface area contributed by atoms with Gasteiger partial charge in [-0.2, -0.15) is 0 Å². The Hall–Kier alpha value is -2.03. The summed E-state index contributed by atoms with van der Waals surface area (Å²) in [5.74, 6) is -1.53. The van der Waals surface area contributed by atoms with E-state index in [1.165, 1.54) is 0 Å². The largest absolute Gasteiger partial charge is 0.463 e. The smallest absolute Gasteiger partial charge is 0.345 e. The highest BCUT2D eigenvalue weighted by molar-refractivity contribution is 7.52. The van der Waals surface area contributed by atoms with E-state index in [9.17, 15) is 23.9 Å². The SMILES string of the molecule is CCOC(=O)C(N)(N)/C=C(/CCOC(=O)c1ccccc1)CP(=O)(O)O. The fraction of sp³-hybridized carbons (Fsp3) is 0.375. The summed E-state index contributed by atoms with van der Waals surface area (Å²) >= 11 is 0. The molecule has 1 aromatic rings. The molecule has 6 N–H and O–H groups in total. The molecule has 0 saturated heterocycles. The Bertz CT molecular complexity index is 698. The van der Waals surface area contributed by atoms with Crippen molar-refractivity contribution < 1.29 is 33.4 Å². The Labute approximate surface area is 151 Å². The van der Waals surface area contributed by atoms with E-state index in [1.54, 1.807) is 37.3 Å². The second-order valence-corrected chi connectivity index (χ2v) is 7.18. The van der Waals surface area contributed by atoms with Gasteiger partial charge in [0.05, 0.1) is 24.9 Å². The molecule has 10 heteroatoms. The second-order valence-electron chi connectivity index (χ2n) is 5.53. The lowest BCUT2D eigenvalue weighted by atomic mass is 10.1. The molecule has 0 atom stereocenters. The number of hydrogen-bond acceptors (Lipinski definition) is 7. The van der Waals surface area contributed by atoms with Gasteiger partial charge in [-0.05, 0) is 25.1 Å². The van der Waals surface area contributed by atoms with E-state index in [2.05, 4.69) is 0 Å². The Balaban J connectivity index is 2.81. The normalized spacial score (nSPS) is 12.6. The highest BCUT2D eigenvalue weighted by Gasteiger charge is 2.30. The molecule has 0 heterocycles. The van der Waals surface area contributed by atoms with Crippen molar-refractivity contribution in [1.82, 2.24) is 0 Å². The zero-order chi connectivity index (χ0) is 19.8. The van der Waals surface area contributed by atoms with Crippen molar-refractivity contribution in [2.45, 2.75) is 19.0 Å². The number of nitrogens with two attached hydrogens (primary N) is 2. The predicted octanol–water partition coefficient (Wildman–Crippen LogP) is 0.514. The quantitative estimate of drug-likeness (QED) is 0.205. The molecule has 0 aromatic heterocycles. The lowest BCUT2D eigenvalue weighted by Crippen LogP contribution is -2.56. The van der Waals surface area contributed by atoms with Crippen LogP contribution in [-0.4, -0.2) is 46.8 Å². The molecule has 0 aliphatic carbocycles. The Morgan fingerprint density at radius 1 is 1.19 bits per heavy atom. The summed E-state index contributed by atoms with van der Waals surface area (Å²) in [6.45, 7) is 1.45. The van der Waals surface area contributed by atoms with E-state index >= 15 is 0 Å². The number of rotatable bonds is 9. The van der Waals surface area contributed by atoms with Gasteiger partial charge < -0.3 is 30.7 Å². The Morgan fingerprint density at radius 2 is 1.81 bits per heavy atom. The van der Waals surface area contributed by atoms with Crippen molar-refractivity contribution >= 4 is 19.5 Å². The van der Waals surface area contributed by atoms with Crippen LogP contribution in [0.3, 0.4) is 0 Å². The predicted molar refractivity (Wildman–Crippen MR) is 94.1 cm³/mol. The fourth-order valence-corrected chi connectivity index (χ4v) is 2.83.